The van der Waals surface area contributed by atoms with Crippen LogP contribution >= 0.6 is 0 Å². The van der Waals surface area contributed by atoms with Crippen molar-refractivity contribution < 1.29 is 18.4 Å². The van der Waals surface area contributed by atoms with Crippen LogP contribution in [-0.4, -0.2) is 23.6 Å². The molecule has 2 aromatic rings. The van der Waals surface area contributed by atoms with E-state index in [0.29, 0.717) is 5.56 Å². The number of carbonyl (C=O) groups is 2. The molecule has 2 rings (SSSR count). The third-order valence-electron chi connectivity index (χ3n) is 3.75. The Morgan fingerprint density at radius 3 is 2.56 bits per heavy atom. The Morgan fingerprint density at radius 1 is 1.22 bits per heavy atom. The van der Waals surface area contributed by atoms with Crippen LogP contribution in [0.2, 0.25) is 0 Å². The zero-order valence-electron chi connectivity index (χ0n) is 14.4. The van der Waals surface area contributed by atoms with Gasteiger partial charge in [-0.1, -0.05) is 18.2 Å². The van der Waals surface area contributed by atoms with Gasteiger partial charge in [0.15, 0.2) is 0 Å². The second-order valence-electron chi connectivity index (χ2n) is 5.79. The minimum absolute atomic E-state index is 0.0408. The summed E-state index contributed by atoms with van der Waals surface area (Å²) in [5.74, 6) is -3.08. The van der Waals surface area contributed by atoms with Gasteiger partial charge in [0.2, 0.25) is 5.91 Å². The highest BCUT2D eigenvalue weighted by atomic mass is 19.1. The van der Waals surface area contributed by atoms with Gasteiger partial charge >= 0.3 is 0 Å². The number of nitrogens with one attached hydrogen (secondary N) is 2. The molecule has 6 N–H and O–H groups in total. The number of hydrogen-bond acceptors (Lipinski definition) is 4. The van der Waals surface area contributed by atoms with Crippen LogP contribution in [0.4, 0.5) is 14.5 Å². The lowest BCUT2D eigenvalue weighted by molar-refractivity contribution is -0.119. The van der Waals surface area contributed by atoms with Crippen LogP contribution in [0.25, 0.3) is 6.08 Å². The van der Waals surface area contributed by atoms with Crippen LogP contribution in [0.3, 0.4) is 0 Å². The van der Waals surface area contributed by atoms with Crippen molar-refractivity contribution in [2.75, 3.05) is 5.73 Å². The highest BCUT2D eigenvalue weighted by Crippen LogP contribution is 2.21. The molecule has 0 unspecified atom stereocenters. The molecule has 0 bridgehead atoms. The average molecular weight is 372 g/mol. The van der Waals surface area contributed by atoms with Crippen LogP contribution < -0.4 is 16.8 Å². The Hall–Kier alpha value is -3.55. The number of anilines is 1. The zero-order chi connectivity index (χ0) is 20.1. The lowest BCUT2D eigenvalue weighted by atomic mass is 10.0. The van der Waals surface area contributed by atoms with E-state index < -0.39 is 29.5 Å². The van der Waals surface area contributed by atoms with Crippen molar-refractivity contribution in [2.24, 2.45) is 5.73 Å². The number of hydrogen-bond donors (Lipinski definition) is 4. The fraction of sp³-hybridized carbons (Fsp3) is 0.105. The number of nitrogen functional groups attached to an aromatic ring is 1. The molecule has 0 aliphatic heterocycles. The van der Waals surface area contributed by atoms with E-state index in [1.165, 1.54) is 43.3 Å². The SMILES string of the molecule is C[C@H](NC(=O)c1ccc(N)c(C(=N)/C=C/c2cccc(F)c2)c1F)C(N)=O. The number of allylic oxidation sites excluding steroid dienone is 1. The van der Waals surface area contributed by atoms with Gasteiger partial charge in [-0.05, 0) is 42.8 Å². The van der Waals surface area contributed by atoms with E-state index in [1.807, 2.05) is 0 Å². The number of carbonyl (C=O) groups excluding carboxylic acids is 2. The monoisotopic (exact) mass is 372 g/mol. The quantitative estimate of drug-likeness (QED) is 0.459. The van der Waals surface area contributed by atoms with Crippen LogP contribution in [-0.2, 0) is 4.79 Å². The van der Waals surface area contributed by atoms with Crippen LogP contribution in [0.5, 0.6) is 0 Å². The first-order valence-electron chi connectivity index (χ1n) is 7.91. The van der Waals surface area contributed by atoms with Crippen molar-refractivity contribution in [1.29, 1.82) is 5.41 Å². The molecule has 2 aromatic carbocycles. The molecule has 6 nitrogen and oxygen atoms in total. The first kappa shape index (κ1) is 19.8. The maximum atomic E-state index is 14.8. The predicted molar refractivity (Wildman–Crippen MR) is 99.2 cm³/mol. The van der Waals surface area contributed by atoms with Gasteiger partial charge < -0.3 is 22.2 Å². The minimum Gasteiger partial charge on any atom is -0.398 e. The van der Waals surface area contributed by atoms with E-state index in [-0.39, 0.29) is 22.5 Å². The molecule has 0 spiro atoms. The van der Waals surface area contributed by atoms with Gasteiger partial charge in [-0.25, -0.2) is 8.78 Å². The molecule has 0 saturated carbocycles. The first-order chi connectivity index (χ1) is 12.7. The van der Waals surface area contributed by atoms with Crippen molar-refractivity contribution in [2.45, 2.75) is 13.0 Å². The van der Waals surface area contributed by atoms with Crippen LogP contribution in [0.15, 0.2) is 42.5 Å². The Balaban J connectivity index is 2.32. The molecule has 27 heavy (non-hydrogen) atoms. The minimum atomic E-state index is -1.00. The summed E-state index contributed by atoms with van der Waals surface area (Å²) in [7, 11) is 0. The molecule has 0 aromatic heterocycles. The van der Waals surface area contributed by atoms with Gasteiger partial charge in [0.25, 0.3) is 5.91 Å². The lowest BCUT2D eigenvalue weighted by Gasteiger charge is -2.13. The van der Waals surface area contributed by atoms with Crippen LogP contribution in [0.1, 0.15) is 28.4 Å². The maximum absolute atomic E-state index is 14.8. The molecule has 0 aliphatic carbocycles. The smallest absolute Gasteiger partial charge is 0.254 e. The van der Waals surface area contributed by atoms with Crippen molar-refractivity contribution in [3.63, 3.8) is 0 Å². The summed E-state index contributed by atoms with van der Waals surface area (Å²) < 4.78 is 28.0. The molecular formula is C19H18F2N4O2. The van der Waals surface area contributed by atoms with E-state index in [2.05, 4.69) is 5.32 Å². The Labute approximate surface area is 154 Å². The topological polar surface area (TPSA) is 122 Å². The van der Waals surface area contributed by atoms with Gasteiger partial charge in [0.1, 0.15) is 17.7 Å². The molecule has 0 saturated heterocycles. The van der Waals surface area contributed by atoms with Gasteiger partial charge in [0, 0.05) is 5.69 Å². The van der Waals surface area contributed by atoms with Crippen molar-refractivity contribution >= 4 is 29.3 Å². The molecule has 0 radical (unpaired) electrons. The van der Waals surface area contributed by atoms with Crippen LogP contribution in [0, 0.1) is 17.0 Å². The predicted octanol–water partition coefficient (Wildman–Crippen LogP) is 2.23. The molecule has 140 valence electrons. The number of benzene rings is 2. The van der Waals surface area contributed by atoms with Gasteiger partial charge in [-0.3, -0.25) is 9.59 Å². The zero-order valence-corrected chi connectivity index (χ0v) is 14.4. The van der Waals surface area contributed by atoms with Gasteiger partial charge in [-0.2, -0.15) is 0 Å². The Bertz CT molecular complexity index is 941. The van der Waals surface area contributed by atoms with E-state index in [1.54, 1.807) is 6.07 Å². The summed E-state index contributed by atoms with van der Waals surface area (Å²) in [6, 6.07) is 7.08. The van der Waals surface area contributed by atoms with E-state index in [0.717, 1.165) is 6.07 Å². The standard InChI is InChI=1S/C19H18F2N4O2/c1-10(18(24)26)25-19(27)13-6-8-15(23)16(17(13)21)14(22)7-5-11-3-2-4-12(20)9-11/h2-10,22H,23H2,1H3,(H2,24,26)(H,25,27)/b7-5+,22-14?/t10-/m0/s1. The molecule has 0 aliphatic rings. The molecule has 2 amide bonds. The van der Waals surface area contributed by atoms with E-state index >= 15 is 0 Å². The summed E-state index contributed by atoms with van der Waals surface area (Å²) in [5.41, 5.74) is 10.3. The third-order valence-corrected chi connectivity index (χ3v) is 3.75. The fourth-order valence-corrected chi connectivity index (χ4v) is 2.26. The summed E-state index contributed by atoms with van der Waals surface area (Å²) in [4.78, 5) is 23.2. The fourth-order valence-electron chi connectivity index (χ4n) is 2.26. The van der Waals surface area contributed by atoms with Gasteiger partial charge in [-0.15, -0.1) is 0 Å². The summed E-state index contributed by atoms with van der Waals surface area (Å²) in [5, 5.41) is 10.3. The largest absolute Gasteiger partial charge is 0.398 e. The molecule has 1 atom stereocenters. The number of nitrogens with two attached hydrogens (primary N) is 2. The van der Waals surface area contributed by atoms with E-state index in [4.69, 9.17) is 16.9 Å². The maximum Gasteiger partial charge on any atom is 0.254 e. The lowest BCUT2D eigenvalue weighted by Crippen LogP contribution is -2.42. The van der Waals surface area contributed by atoms with Crippen molar-refractivity contribution in [3.05, 3.63) is 70.8 Å². The normalized spacial score (nSPS) is 12.0. The summed E-state index contributed by atoms with van der Waals surface area (Å²) in [6.45, 7) is 1.36. The Morgan fingerprint density at radius 2 is 1.93 bits per heavy atom. The second-order valence-corrected chi connectivity index (χ2v) is 5.79. The summed E-state index contributed by atoms with van der Waals surface area (Å²) in [6.07, 6.45) is 2.67. The highest BCUT2D eigenvalue weighted by molar-refractivity contribution is 6.13. The number of primary amides is 1. The number of rotatable bonds is 6. The Kier molecular flexibility index (Phi) is 6.02. The molecule has 0 heterocycles. The van der Waals surface area contributed by atoms with Crippen molar-refractivity contribution in [1.82, 2.24) is 5.32 Å². The van der Waals surface area contributed by atoms with E-state index in [9.17, 15) is 18.4 Å². The average Bonchev–Trinajstić information content (AvgIpc) is 2.59. The number of amides is 2. The molecule has 8 heteroatoms. The molecular weight excluding hydrogens is 354 g/mol. The van der Waals surface area contributed by atoms with Gasteiger partial charge in [0.05, 0.1) is 16.8 Å². The molecule has 0 fully saturated rings. The van der Waals surface area contributed by atoms with Crippen molar-refractivity contribution in [3.8, 4) is 0 Å². The first-order valence-corrected chi connectivity index (χ1v) is 7.91. The second kappa shape index (κ2) is 8.22. The summed E-state index contributed by atoms with van der Waals surface area (Å²) >= 11 is 0. The third kappa shape index (κ3) is 4.75. The number of halogens is 2. The highest BCUT2D eigenvalue weighted by Gasteiger charge is 2.21.